The van der Waals surface area contributed by atoms with Crippen LogP contribution in [0.4, 0.5) is 5.13 Å². The zero-order valence-electron chi connectivity index (χ0n) is 9.49. The molecule has 1 aromatic heterocycles. The highest BCUT2D eigenvalue weighted by atomic mass is 32.1. The third kappa shape index (κ3) is 2.62. The number of thiazole rings is 1. The molecule has 2 aromatic rings. The van der Waals surface area contributed by atoms with E-state index in [4.69, 9.17) is 5.73 Å². The number of nitrogen functional groups attached to an aromatic ring is 1. The maximum Gasteiger partial charge on any atom is 0.251 e. The predicted molar refractivity (Wildman–Crippen MR) is 71.2 cm³/mol. The molecular formula is C12H13N3OS. The fourth-order valence-corrected chi connectivity index (χ4v) is 2.19. The van der Waals surface area contributed by atoms with Gasteiger partial charge >= 0.3 is 0 Å². The lowest BCUT2D eigenvalue weighted by atomic mass is 10.2. The summed E-state index contributed by atoms with van der Waals surface area (Å²) in [6, 6.07) is 5.35. The quantitative estimate of drug-likeness (QED) is 0.817. The average Bonchev–Trinajstić information content (AvgIpc) is 2.64. The van der Waals surface area contributed by atoms with E-state index in [1.807, 2.05) is 6.92 Å². The first kappa shape index (κ1) is 11.6. The van der Waals surface area contributed by atoms with Crippen molar-refractivity contribution >= 4 is 32.6 Å². The minimum Gasteiger partial charge on any atom is -0.375 e. The summed E-state index contributed by atoms with van der Waals surface area (Å²) in [7, 11) is 0. The van der Waals surface area contributed by atoms with Crippen LogP contribution in [0.25, 0.3) is 10.2 Å². The summed E-state index contributed by atoms with van der Waals surface area (Å²) in [4.78, 5) is 15.9. The van der Waals surface area contributed by atoms with Gasteiger partial charge in [-0.05, 0) is 25.1 Å². The SMILES string of the molecule is C=C(C)CNC(=O)c1ccc2nc(N)sc2c1. The fraction of sp³-hybridized carbons (Fsp3) is 0.167. The van der Waals surface area contributed by atoms with Crippen LogP contribution in [0.5, 0.6) is 0 Å². The molecule has 0 radical (unpaired) electrons. The monoisotopic (exact) mass is 247 g/mol. The van der Waals surface area contributed by atoms with Crippen LogP contribution in [0.15, 0.2) is 30.4 Å². The number of benzene rings is 1. The topological polar surface area (TPSA) is 68.0 Å². The van der Waals surface area contributed by atoms with Gasteiger partial charge in [0.15, 0.2) is 5.13 Å². The second-order valence-corrected chi connectivity index (χ2v) is 4.94. The Morgan fingerprint density at radius 3 is 3.06 bits per heavy atom. The Morgan fingerprint density at radius 2 is 2.35 bits per heavy atom. The van der Waals surface area contributed by atoms with Crippen LogP contribution in [-0.4, -0.2) is 17.4 Å². The van der Waals surface area contributed by atoms with Gasteiger partial charge < -0.3 is 11.1 Å². The van der Waals surface area contributed by atoms with Crippen LogP contribution in [0.2, 0.25) is 0 Å². The number of hydrogen-bond donors (Lipinski definition) is 2. The van der Waals surface area contributed by atoms with Crippen molar-refractivity contribution in [3.63, 3.8) is 0 Å². The van der Waals surface area contributed by atoms with Gasteiger partial charge in [-0.3, -0.25) is 4.79 Å². The largest absolute Gasteiger partial charge is 0.375 e. The van der Waals surface area contributed by atoms with Gasteiger partial charge in [-0.1, -0.05) is 23.5 Å². The number of aromatic nitrogens is 1. The van der Waals surface area contributed by atoms with E-state index in [0.29, 0.717) is 17.2 Å². The van der Waals surface area contributed by atoms with Crippen molar-refractivity contribution in [3.8, 4) is 0 Å². The lowest BCUT2D eigenvalue weighted by Crippen LogP contribution is -2.24. The zero-order valence-corrected chi connectivity index (χ0v) is 10.3. The zero-order chi connectivity index (χ0) is 12.4. The molecule has 0 fully saturated rings. The Kier molecular flexibility index (Phi) is 3.10. The highest BCUT2D eigenvalue weighted by Gasteiger charge is 2.08. The molecule has 0 saturated carbocycles. The van der Waals surface area contributed by atoms with E-state index in [1.54, 1.807) is 18.2 Å². The van der Waals surface area contributed by atoms with Crippen LogP contribution in [0.1, 0.15) is 17.3 Å². The first-order valence-electron chi connectivity index (χ1n) is 5.15. The van der Waals surface area contributed by atoms with Crippen LogP contribution in [0.3, 0.4) is 0 Å². The Labute approximate surface area is 103 Å². The third-order valence-corrected chi connectivity index (χ3v) is 3.07. The number of carbonyl (C=O) groups excluding carboxylic acids is 1. The first-order valence-corrected chi connectivity index (χ1v) is 5.96. The minimum absolute atomic E-state index is 0.109. The van der Waals surface area contributed by atoms with Crippen LogP contribution < -0.4 is 11.1 Å². The fourth-order valence-electron chi connectivity index (χ4n) is 1.42. The summed E-state index contributed by atoms with van der Waals surface area (Å²) >= 11 is 1.38. The molecule has 0 aliphatic rings. The van der Waals surface area contributed by atoms with Crippen molar-refractivity contribution < 1.29 is 4.79 Å². The highest BCUT2D eigenvalue weighted by molar-refractivity contribution is 7.22. The van der Waals surface area contributed by atoms with Gasteiger partial charge in [-0.15, -0.1) is 0 Å². The molecule has 3 N–H and O–H groups in total. The molecule has 1 aromatic carbocycles. The molecular weight excluding hydrogens is 234 g/mol. The Hall–Kier alpha value is -1.88. The molecule has 5 heteroatoms. The van der Waals surface area contributed by atoms with Gasteiger partial charge in [0.2, 0.25) is 0 Å². The standard InChI is InChI=1S/C12H13N3OS/c1-7(2)6-14-11(16)8-3-4-9-10(5-8)17-12(13)15-9/h3-5H,1,6H2,2H3,(H2,13,15)(H,14,16). The maximum atomic E-state index is 11.8. The van der Waals surface area contributed by atoms with Crippen LogP contribution in [0, 0.1) is 0 Å². The van der Waals surface area contributed by atoms with E-state index in [2.05, 4.69) is 16.9 Å². The van der Waals surface area contributed by atoms with Crippen molar-refractivity contribution in [3.05, 3.63) is 35.9 Å². The lowest BCUT2D eigenvalue weighted by Gasteiger charge is -2.04. The Morgan fingerprint density at radius 1 is 1.59 bits per heavy atom. The van der Waals surface area contributed by atoms with Crippen molar-refractivity contribution in [2.24, 2.45) is 0 Å². The third-order valence-electron chi connectivity index (χ3n) is 2.22. The molecule has 0 spiro atoms. The Bertz CT molecular complexity index is 588. The van der Waals surface area contributed by atoms with Gasteiger partial charge in [-0.25, -0.2) is 4.98 Å². The summed E-state index contributed by atoms with van der Waals surface area (Å²) in [5.41, 5.74) is 7.96. The molecule has 0 bridgehead atoms. The number of nitrogens with two attached hydrogens (primary N) is 1. The molecule has 0 unspecified atom stereocenters. The molecule has 4 nitrogen and oxygen atoms in total. The van der Waals surface area contributed by atoms with Gasteiger partial charge in [0, 0.05) is 12.1 Å². The molecule has 0 atom stereocenters. The van der Waals surface area contributed by atoms with Crippen LogP contribution >= 0.6 is 11.3 Å². The summed E-state index contributed by atoms with van der Waals surface area (Å²) < 4.78 is 0.922. The van der Waals surface area contributed by atoms with Gasteiger partial charge in [-0.2, -0.15) is 0 Å². The molecule has 88 valence electrons. The summed E-state index contributed by atoms with van der Waals surface area (Å²) in [5.74, 6) is -0.109. The summed E-state index contributed by atoms with van der Waals surface area (Å²) in [6.07, 6.45) is 0. The highest BCUT2D eigenvalue weighted by Crippen LogP contribution is 2.24. The first-order chi connectivity index (χ1) is 8.06. The Balaban J connectivity index is 2.23. The number of carbonyl (C=O) groups is 1. The summed E-state index contributed by atoms with van der Waals surface area (Å²) in [6.45, 7) is 6.09. The van der Waals surface area contributed by atoms with Gasteiger partial charge in [0.05, 0.1) is 10.2 Å². The second-order valence-electron chi connectivity index (χ2n) is 3.87. The van der Waals surface area contributed by atoms with E-state index in [0.717, 1.165) is 15.8 Å². The number of amides is 1. The van der Waals surface area contributed by atoms with Crippen molar-refractivity contribution in [1.82, 2.24) is 10.3 Å². The van der Waals surface area contributed by atoms with E-state index < -0.39 is 0 Å². The molecule has 0 aliphatic carbocycles. The molecule has 0 saturated heterocycles. The molecule has 0 aliphatic heterocycles. The smallest absolute Gasteiger partial charge is 0.251 e. The van der Waals surface area contributed by atoms with E-state index in [1.165, 1.54) is 11.3 Å². The number of anilines is 1. The van der Waals surface area contributed by atoms with Crippen LogP contribution in [-0.2, 0) is 0 Å². The molecule has 2 rings (SSSR count). The number of nitrogens with zero attached hydrogens (tertiary/aromatic N) is 1. The van der Waals surface area contributed by atoms with E-state index >= 15 is 0 Å². The van der Waals surface area contributed by atoms with Crippen molar-refractivity contribution in [1.29, 1.82) is 0 Å². The molecule has 1 amide bonds. The predicted octanol–water partition coefficient (Wildman–Crippen LogP) is 2.18. The average molecular weight is 247 g/mol. The van der Waals surface area contributed by atoms with E-state index in [-0.39, 0.29) is 5.91 Å². The molecule has 1 heterocycles. The number of nitrogens with one attached hydrogen (secondary N) is 1. The number of fused-ring (bicyclic) bond motifs is 1. The van der Waals surface area contributed by atoms with Crippen molar-refractivity contribution in [2.45, 2.75) is 6.92 Å². The lowest BCUT2D eigenvalue weighted by molar-refractivity contribution is 0.0957. The van der Waals surface area contributed by atoms with Gasteiger partial charge in [0.25, 0.3) is 5.91 Å². The second kappa shape index (κ2) is 4.55. The number of hydrogen-bond acceptors (Lipinski definition) is 4. The summed E-state index contributed by atoms with van der Waals surface area (Å²) in [5, 5.41) is 3.30. The maximum absolute atomic E-state index is 11.8. The van der Waals surface area contributed by atoms with Crippen molar-refractivity contribution in [2.75, 3.05) is 12.3 Å². The van der Waals surface area contributed by atoms with Gasteiger partial charge in [0.1, 0.15) is 0 Å². The molecule has 17 heavy (non-hydrogen) atoms. The van der Waals surface area contributed by atoms with E-state index in [9.17, 15) is 4.79 Å². The normalized spacial score (nSPS) is 10.4. The minimum atomic E-state index is -0.109. The number of rotatable bonds is 3.